The van der Waals surface area contributed by atoms with E-state index in [2.05, 4.69) is 20.0 Å². The van der Waals surface area contributed by atoms with Crippen molar-refractivity contribution in [3.63, 3.8) is 0 Å². The van der Waals surface area contributed by atoms with Crippen molar-refractivity contribution < 1.29 is 13.2 Å². The van der Waals surface area contributed by atoms with Crippen LogP contribution >= 0.6 is 0 Å². The summed E-state index contributed by atoms with van der Waals surface area (Å²) in [7, 11) is -0.317. The summed E-state index contributed by atoms with van der Waals surface area (Å²) in [6.45, 7) is 0.267. The van der Waals surface area contributed by atoms with Gasteiger partial charge in [0, 0.05) is 12.6 Å². The number of hydrogen-bond acceptors (Lipinski definition) is 6. The molecule has 0 unspecified atom stereocenters. The number of methoxy groups -OCH3 is 1. The summed E-state index contributed by atoms with van der Waals surface area (Å²) in [5, 5.41) is 2.86. The fourth-order valence-corrected chi connectivity index (χ4v) is 1.54. The second-order valence-corrected chi connectivity index (χ2v) is 4.94. The van der Waals surface area contributed by atoms with Crippen LogP contribution in [-0.2, 0) is 10.0 Å². The highest BCUT2D eigenvalue weighted by Crippen LogP contribution is 2.09. The van der Waals surface area contributed by atoms with Crippen LogP contribution in [0.5, 0.6) is 5.88 Å². The Morgan fingerprint density at radius 2 is 2.19 bits per heavy atom. The van der Waals surface area contributed by atoms with Gasteiger partial charge in [0.05, 0.1) is 12.9 Å². The molecule has 90 valence electrons. The third kappa shape index (κ3) is 3.99. The van der Waals surface area contributed by atoms with Gasteiger partial charge in [0.25, 0.3) is 0 Å². The summed E-state index contributed by atoms with van der Waals surface area (Å²) in [6.07, 6.45) is 1.34. The summed E-state index contributed by atoms with van der Waals surface area (Å²) in [5.74, 6) is 0.933. The predicted octanol–water partition coefficient (Wildman–Crippen LogP) is -0.554. The Morgan fingerprint density at radius 3 is 2.81 bits per heavy atom. The van der Waals surface area contributed by atoms with E-state index in [1.165, 1.54) is 20.5 Å². The van der Waals surface area contributed by atoms with Gasteiger partial charge in [-0.15, -0.1) is 0 Å². The number of sulfonamides is 1. The molecule has 16 heavy (non-hydrogen) atoms. The van der Waals surface area contributed by atoms with E-state index in [1.54, 1.807) is 6.07 Å². The minimum atomic E-state index is -3.19. The van der Waals surface area contributed by atoms with Crippen LogP contribution in [0.2, 0.25) is 0 Å². The predicted molar refractivity (Wildman–Crippen MR) is 59.9 cm³/mol. The summed E-state index contributed by atoms with van der Waals surface area (Å²) in [4.78, 5) is 7.74. The summed E-state index contributed by atoms with van der Waals surface area (Å²) >= 11 is 0. The number of nitrogens with one attached hydrogen (secondary N) is 2. The second kappa shape index (κ2) is 5.61. The molecule has 1 aromatic rings. The molecule has 2 N–H and O–H groups in total. The molecule has 0 saturated carbocycles. The van der Waals surface area contributed by atoms with E-state index in [4.69, 9.17) is 4.74 Å². The molecule has 0 amide bonds. The Labute approximate surface area is 94.3 Å². The summed E-state index contributed by atoms with van der Waals surface area (Å²) in [6, 6.07) is 1.59. The number of anilines is 1. The molecule has 0 spiro atoms. The molecular formula is C8H14N4O3S. The molecule has 1 aromatic heterocycles. The van der Waals surface area contributed by atoms with Gasteiger partial charge in [0.15, 0.2) is 0 Å². The third-order valence-electron chi connectivity index (χ3n) is 1.84. The van der Waals surface area contributed by atoms with Crippen molar-refractivity contribution >= 4 is 15.8 Å². The Kier molecular flexibility index (Phi) is 4.44. The van der Waals surface area contributed by atoms with E-state index in [0.29, 0.717) is 11.7 Å². The zero-order chi connectivity index (χ0) is 12.0. The molecule has 1 rings (SSSR count). The first-order valence-electron chi connectivity index (χ1n) is 4.58. The molecule has 0 bridgehead atoms. The molecule has 0 aliphatic heterocycles. The van der Waals surface area contributed by atoms with E-state index in [1.807, 2.05) is 0 Å². The van der Waals surface area contributed by atoms with Crippen molar-refractivity contribution in [3.05, 3.63) is 12.4 Å². The van der Waals surface area contributed by atoms with Gasteiger partial charge in [-0.1, -0.05) is 0 Å². The van der Waals surface area contributed by atoms with Crippen molar-refractivity contribution in [1.82, 2.24) is 14.7 Å². The van der Waals surface area contributed by atoms with Crippen molar-refractivity contribution in [2.75, 3.05) is 31.8 Å². The first kappa shape index (κ1) is 12.7. The first-order chi connectivity index (χ1) is 7.57. The van der Waals surface area contributed by atoms with Gasteiger partial charge >= 0.3 is 0 Å². The Hall–Kier alpha value is -1.41. The number of rotatable bonds is 6. The number of nitrogens with zero attached hydrogens (tertiary/aromatic N) is 2. The van der Waals surface area contributed by atoms with Gasteiger partial charge in [-0.2, -0.15) is 0 Å². The Balaban J connectivity index is 2.49. The van der Waals surface area contributed by atoms with Crippen LogP contribution in [0.1, 0.15) is 0 Å². The van der Waals surface area contributed by atoms with Gasteiger partial charge in [-0.3, -0.25) is 0 Å². The van der Waals surface area contributed by atoms with Crippen LogP contribution < -0.4 is 14.8 Å². The second-order valence-electron chi connectivity index (χ2n) is 2.90. The monoisotopic (exact) mass is 246 g/mol. The zero-order valence-electron chi connectivity index (χ0n) is 9.10. The van der Waals surface area contributed by atoms with Crippen LogP contribution in [-0.4, -0.2) is 44.8 Å². The Morgan fingerprint density at radius 1 is 1.44 bits per heavy atom. The largest absolute Gasteiger partial charge is 0.481 e. The SMILES string of the molecule is CNS(=O)(=O)CCNc1cc(OC)ncn1. The standard InChI is InChI=1S/C8H14N4O3S/c1-9-16(13,14)4-3-10-7-5-8(15-2)12-6-11-7/h5-6,9H,3-4H2,1-2H3,(H,10,11,12). The fourth-order valence-electron chi connectivity index (χ4n) is 0.963. The highest BCUT2D eigenvalue weighted by atomic mass is 32.2. The molecule has 0 aromatic carbocycles. The molecule has 0 atom stereocenters. The molecule has 1 heterocycles. The minimum absolute atomic E-state index is 0.0180. The van der Waals surface area contributed by atoms with Crippen molar-refractivity contribution in [2.24, 2.45) is 0 Å². The van der Waals surface area contributed by atoms with Crippen molar-refractivity contribution in [3.8, 4) is 5.88 Å². The van der Waals surface area contributed by atoms with Crippen LogP contribution in [0, 0.1) is 0 Å². The van der Waals surface area contributed by atoms with Crippen LogP contribution in [0.15, 0.2) is 12.4 Å². The first-order valence-corrected chi connectivity index (χ1v) is 6.24. The highest BCUT2D eigenvalue weighted by molar-refractivity contribution is 7.89. The molecule has 0 fully saturated rings. The normalized spacial score (nSPS) is 11.1. The van der Waals surface area contributed by atoms with E-state index in [0.717, 1.165) is 0 Å². The number of hydrogen-bond donors (Lipinski definition) is 2. The zero-order valence-corrected chi connectivity index (χ0v) is 9.91. The Bertz CT molecular complexity index is 435. The molecule has 0 radical (unpaired) electrons. The maximum atomic E-state index is 11.1. The van der Waals surface area contributed by atoms with Gasteiger partial charge in [-0.25, -0.2) is 23.1 Å². The van der Waals surface area contributed by atoms with E-state index >= 15 is 0 Å². The molecule has 0 aliphatic carbocycles. The van der Waals surface area contributed by atoms with E-state index in [-0.39, 0.29) is 12.3 Å². The van der Waals surface area contributed by atoms with E-state index in [9.17, 15) is 8.42 Å². The smallest absolute Gasteiger partial charge is 0.218 e. The maximum absolute atomic E-state index is 11.1. The van der Waals surface area contributed by atoms with Crippen molar-refractivity contribution in [1.29, 1.82) is 0 Å². The average molecular weight is 246 g/mol. The van der Waals surface area contributed by atoms with Crippen LogP contribution in [0.3, 0.4) is 0 Å². The fraction of sp³-hybridized carbons (Fsp3) is 0.500. The van der Waals surface area contributed by atoms with Gasteiger partial charge in [0.2, 0.25) is 15.9 Å². The minimum Gasteiger partial charge on any atom is -0.481 e. The molecule has 0 aliphatic rings. The van der Waals surface area contributed by atoms with Crippen LogP contribution in [0.4, 0.5) is 5.82 Å². The van der Waals surface area contributed by atoms with Gasteiger partial charge < -0.3 is 10.1 Å². The average Bonchev–Trinajstić information content (AvgIpc) is 2.29. The molecule has 8 heteroatoms. The lowest BCUT2D eigenvalue weighted by Gasteiger charge is -2.06. The molecule has 0 saturated heterocycles. The lowest BCUT2D eigenvalue weighted by molar-refractivity contribution is 0.397. The quantitative estimate of drug-likeness (QED) is 0.699. The molecular weight excluding hydrogens is 232 g/mol. The summed E-state index contributed by atoms with van der Waals surface area (Å²) in [5.41, 5.74) is 0. The summed E-state index contributed by atoms with van der Waals surface area (Å²) < 4.78 is 29.3. The van der Waals surface area contributed by atoms with Gasteiger partial charge in [0.1, 0.15) is 12.1 Å². The number of ether oxygens (including phenoxy) is 1. The third-order valence-corrected chi connectivity index (χ3v) is 3.20. The lowest BCUT2D eigenvalue weighted by atomic mass is 10.5. The topological polar surface area (TPSA) is 93.2 Å². The number of aromatic nitrogens is 2. The molecule has 7 nitrogen and oxygen atoms in total. The maximum Gasteiger partial charge on any atom is 0.218 e. The van der Waals surface area contributed by atoms with Gasteiger partial charge in [-0.05, 0) is 7.05 Å². The van der Waals surface area contributed by atoms with Crippen LogP contribution in [0.25, 0.3) is 0 Å². The van der Waals surface area contributed by atoms with Crippen molar-refractivity contribution in [2.45, 2.75) is 0 Å². The van der Waals surface area contributed by atoms with E-state index < -0.39 is 10.0 Å². The lowest BCUT2D eigenvalue weighted by Crippen LogP contribution is -2.26. The highest BCUT2D eigenvalue weighted by Gasteiger charge is 2.06.